The Hall–Kier alpha value is -4.72. The predicted molar refractivity (Wildman–Crippen MR) is 173 cm³/mol. The molecule has 3 aromatic carbocycles. The molecule has 45 heavy (non-hydrogen) atoms. The molecule has 0 amide bonds. The minimum atomic E-state index is -0.386. The van der Waals surface area contributed by atoms with E-state index >= 15 is 0 Å². The first-order valence-electron chi connectivity index (χ1n) is 16.0. The molecule has 0 unspecified atom stereocenters. The minimum absolute atomic E-state index is 0.0742. The molecular weight excluding hydrogens is 562 g/mol. The highest BCUT2D eigenvalue weighted by Gasteiger charge is 2.46. The lowest BCUT2D eigenvalue weighted by molar-refractivity contribution is 0.0599. The number of nitrogens with zero attached hydrogens (tertiary/aromatic N) is 5. The Kier molecular flexibility index (Phi) is 8.20. The van der Waals surface area contributed by atoms with Crippen LogP contribution in [0.2, 0.25) is 0 Å². The van der Waals surface area contributed by atoms with Gasteiger partial charge in [-0.25, -0.2) is 14.2 Å². The molecule has 2 fully saturated rings. The lowest BCUT2D eigenvalue weighted by Gasteiger charge is -2.28. The molecule has 0 saturated heterocycles. The van der Waals surface area contributed by atoms with Crippen molar-refractivity contribution in [1.29, 1.82) is 0 Å². The van der Waals surface area contributed by atoms with Crippen LogP contribution in [-0.2, 0) is 11.3 Å². The average molecular weight is 602 g/mol. The number of ether oxygens (including phenoxy) is 2. The van der Waals surface area contributed by atoms with Crippen LogP contribution in [0.15, 0.2) is 91.3 Å². The van der Waals surface area contributed by atoms with Gasteiger partial charge in [0, 0.05) is 18.0 Å². The Morgan fingerprint density at radius 1 is 0.933 bits per heavy atom. The van der Waals surface area contributed by atoms with E-state index in [1.165, 1.54) is 44.8 Å². The lowest BCUT2D eigenvalue weighted by Crippen LogP contribution is -2.25. The molecule has 7 rings (SSSR count). The molecule has 230 valence electrons. The number of hydrogen-bond acceptors (Lipinski definition) is 6. The second-order valence-electron chi connectivity index (χ2n) is 12.4. The number of carbonyl (C=O) groups excluding carboxylic acids is 1. The van der Waals surface area contributed by atoms with Crippen molar-refractivity contribution in [2.24, 2.45) is 5.92 Å². The highest BCUT2D eigenvalue weighted by Crippen LogP contribution is 2.55. The normalized spacial score (nSPS) is 18.8. The maximum absolute atomic E-state index is 12.9. The molecule has 5 aromatic rings. The number of rotatable bonds is 10. The summed E-state index contributed by atoms with van der Waals surface area (Å²) in [6, 6.07) is 26.8. The van der Waals surface area contributed by atoms with Gasteiger partial charge in [-0.05, 0) is 73.1 Å². The van der Waals surface area contributed by atoms with Crippen LogP contribution in [0.5, 0.6) is 5.75 Å². The Morgan fingerprint density at radius 2 is 1.71 bits per heavy atom. The molecule has 0 aliphatic heterocycles. The molecule has 2 aliphatic carbocycles. The highest BCUT2D eigenvalue weighted by atomic mass is 16.5. The van der Waals surface area contributed by atoms with Crippen molar-refractivity contribution in [3.8, 4) is 22.6 Å². The molecule has 8 heteroatoms. The Morgan fingerprint density at radius 3 is 2.51 bits per heavy atom. The summed E-state index contributed by atoms with van der Waals surface area (Å²) >= 11 is 0. The Balaban J connectivity index is 1.14. The van der Waals surface area contributed by atoms with Gasteiger partial charge in [-0.15, -0.1) is 5.10 Å². The van der Waals surface area contributed by atoms with Gasteiger partial charge in [-0.2, -0.15) is 5.10 Å². The first-order chi connectivity index (χ1) is 22.1. The van der Waals surface area contributed by atoms with Crippen molar-refractivity contribution in [3.05, 3.63) is 114 Å². The van der Waals surface area contributed by atoms with E-state index in [0.717, 1.165) is 40.4 Å². The molecule has 3 atom stereocenters. The van der Waals surface area contributed by atoms with Crippen LogP contribution < -0.4 is 4.74 Å². The molecule has 0 spiro atoms. The smallest absolute Gasteiger partial charge is 0.341 e. The van der Waals surface area contributed by atoms with Gasteiger partial charge >= 0.3 is 5.97 Å². The first-order valence-corrected chi connectivity index (χ1v) is 16.0. The van der Waals surface area contributed by atoms with Gasteiger partial charge in [0.05, 0.1) is 43.0 Å². The van der Waals surface area contributed by atoms with Gasteiger partial charge in [0.15, 0.2) is 0 Å². The average Bonchev–Trinajstić information content (AvgIpc) is 3.51. The van der Waals surface area contributed by atoms with E-state index in [1.54, 1.807) is 6.20 Å². The van der Waals surface area contributed by atoms with E-state index in [4.69, 9.17) is 14.6 Å². The SMILES string of the molecule is COC(=O)c1cnn(-c2cccc(-c3cccc(O[C@@H](C)C4CCCCC4)c3)c2)c1[C@@H]1C[C@H]1c1cn(Cc2ccccc2)nn1. The van der Waals surface area contributed by atoms with Gasteiger partial charge < -0.3 is 9.47 Å². The Labute approximate surface area is 264 Å². The number of hydrogen-bond donors (Lipinski definition) is 0. The number of carbonyl (C=O) groups is 1. The van der Waals surface area contributed by atoms with E-state index in [-0.39, 0.29) is 23.9 Å². The fraction of sp³-hybridized carbons (Fsp3) is 0.351. The lowest BCUT2D eigenvalue weighted by atomic mass is 9.86. The zero-order valence-electron chi connectivity index (χ0n) is 25.9. The van der Waals surface area contributed by atoms with Crippen LogP contribution >= 0.6 is 0 Å². The summed E-state index contributed by atoms with van der Waals surface area (Å²) in [6.07, 6.45) is 11.1. The number of methoxy groups -OCH3 is 1. The monoisotopic (exact) mass is 601 g/mol. The number of esters is 1. The number of benzene rings is 3. The largest absolute Gasteiger partial charge is 0.490 e. The summed E-state index contributed by atoms with van der Waals surface area (Å²) in [7, 11) is 1.41. The van der Waals surface area contributed by atoms with Crippen molar-refractivity contribution >= 4 is 5.97 Å². The molecule has 2 aliphatic rings. The van der Waals surface area contributed by atoms with Gasteiger partial charge in [0.1, 0.15) is 11.3 Å². The van der Waals surface area contributed by atoms with E-state index in [9.17, 15) is 4.79 Å². The van der Waals surface area contributed by atoms with Crippen LogP contribution in [-0.4, -0.2) is 44.0 Å². The van der Waals surface area contributed by atoms with Gasteiger partial charge in [0.2, 0.25) is 0 Å². The molecule has 2 aromatic heterocycles. The quantitative estimate of drug-likeness (QED) is 0.153. The summed E-state index contributed by atoms with van der Waals surface area (Å²) in [6.45, 7) is 2.87. The topological polar surface area (TPSA) is 84.1 Å². The second-order valence-corrected chi connectivity index (χ2v) is 12.4. The van der Waals surface area contributed by atoms with Crippen molar-refractivity contribution in [3.63, 3.8) is 0 Å². The van der Waals surface area contributed by atoms with E-state index in [1.807, 2.05) is 52.0 Å². The first kappa shape index (κ1) is 29.0. The molecule has 0 N–H and O–H groups in total. The molecule has 8 nitrogen and oxygen atoms in total. The van der Waals surface area contributed by atoms with Crippen molar-refractivity contribution in [2.45, 2.75) is 69.9 Å². The maximum Gasteiger partial charge on any atom is 0.341 e. The summed E-state index contributed by atoms with van der Waals surface area (Å²) in [5.74, 6) is 1.35. The zero-order valence-corrected chi connectivity index (χ0v) is 25.9. The van der Waals surface area contributed by atoms with E-state index in [2.05, 4.69) is 59.7 Å². The highest BCUT2D eigenvalue weighted by molar-refractivity contribution is 5.91. The molecule has 0 bridgehead atoms. The summed E-state index contributed by atoms with van der Waals surface area (Å²) < 4.78 is 15.4. The number of aromatic nitrogens is 5. The third-order valence-corrected chi connectivity index (χ3v) is 9.37. The third-order valence-electron chi connectivity index (χ3n) is 9.37. The zero-order chi connectivity index (χ0) is 30.8. The van der Waals surface area contributed by atoms with Crippen LogP contribution in [0, 0.1) is 5.92 Å². The summed E-state index contributed by atoms with van der Waals surface area (Å²) in [5, 5.41) is 13.6. The van der Waals surface area contributed by atoms with Gasteiger partial charge in [0.25, 0.3) is 0 Å². The standard InChI is InChI=1S/C37H39N5O3/c1-25(27-13-7-4-8-14-27)45-31-18-10-16-29(20-31)28-15-9-17-30(19-28)42-36(34(22-38-42)37(43)44-2)33-21-32(33)35-24-41(40-39-35)23-26-11-5-3-6-12-26/h3,5-6,9-12,15-20,22,24-25,27,32-33H,4,7-8,13-14,21,23H2,1-2H3/t25-,32+,33+/m0/s1. The maximum atomic E-state index is 12.9. The van der Waals surface area contributed by atoms with Crippen molar-refractivity contribution in [2.75, 3.05) is 7.11 Å². The summed E-state index contributed by atoms with van der Waals surface area (Å²) in [4.78, 5) is 12.9. The Bertz CT molecular complexity index is 1770. The van der Waals surface area contributed by atoms with E-state index < -0.39 is 0 Å². The minimum Gasteiger partial charge on any atom is -0.490 e. The summed E-state index contributed by atoms with van der Waals surface area (Å²) in [5.41, 5.74) is 6.44. The molecular formula is C37H39N5O3. The molecule has 0 radical (unpaired) electrons. The van der Waals surface area contributed by atoms with Crippen LogP contribution in [0.25, 0.3) is 16.8 Å². The predicted octanol–water partition coefficient (Wildman–Crippen LogP) is 7.58. The second kappa shape index (κ2) is 12.7. The van der Waals surface area contributed by atoms with Crippen LogP contribution in [0.3, 0.4) is 0 Å². The van der Waals surface area contributed by atoms with E-state index in [0.29, 0.717) is 18.0 Å². The van der Waals surface area contributed by atoms with Crippen LogP contribution in [0.1, 0.15) is 84.6 Å². The fourth-order valence-corrected chi connectivity index (χ4v) is 6.82. The van der Waals surface area contributed by atoms with Crippen LogP contribution in [0.4, 0.5) is 0 Å². The third kappa shape index (κ3) is 6.27. The molecule has 2 saturated carbocycles. The fourth-order valence-electron chi connectivity index (χ4n) is 6.82. The van der Waals surface area contributed by atoms with Crippen molar-refractivity contribution in [1.82, 2.24) is 24.8 Å². The van der Waals surface area contributed by atoms with Gasteiger partial charge in [-0.3, -0.25) is 0 Å². The molecule has 2 heterocycles. The van der Waals surface area contributed by atoms with Gasteiger partial charge in [-0.1, -0.05) is 79.1 Å². The van der Waals surface area contributed by atoms with Crippen molar-refractivity contribution < 1.29 is 14.3 Å².